The number of rotatable bonds is 3. The summed E-state index contributed by atoms with van der Waals surface area (Å²) in [5.74, 6) is 0.396. The van der Waals surface area contributed by atoms with Crippen molar-refractivity contribution in [2.24, 2.45) is 0 Å². The average Bonchev–Trinajstić information content (AvgIpc) is 3.04. The fraction of sp³-hybridized carbons (Fsp3) is 0.500. The van der Waals surface area contributed by atoms with Gasteiger partial charge in [-0.2, -0.15) is 5.10 Å². The quantitative estimate of drug-likeness (QED) is 0.786. The van der Waals surface area contributed by atoms with Crippen LogP contribution in [0.5, 0.6) is 0 Å². The van der Waals surface area contributed by atoms with Crippen LogP contribution in [0.4, 0.5) is 0 Å². The maximum atomic E-state index is 11.7. The largest absolute Gasteiger partial charge is 0.465 e. The molecule has 0 amide bonds. The van der Waals surface area contributed by atoms with Gasteiger partial charge < -0.3 is 9.64 Å². The number of likely N-dealkylation sites (tertiary alicyclic amines) is 1. The standard InChI is InChI=1S/C14H18N4O2/c1-17-7-3-5-10(17)9-12-15-13-11(14(19)20-2)6-4-8-18(13)16-12/h4,6,8,10H,3,5,7,9H2,1-2H3. The van der Waals surface area contributed by atoms with Gasteiger partial charge in [0.2, 0.25) is 0 Å². The molecule has 0 radical (unpaired) electrons. The predicted octanol–water partition coefficient (Wildman–Crippen LogP) is 1.15. The van der Waals surface area contributed by atoms with Gasteiger partial charge in [-0.15, -0.1) is 0 Å². The molecule has 106 valence electrons. The first-order valence-electron chi connectivity index (χ1n) is 6.82. The summed E-state index contributed by atoms with van der Waals surface area (Å²) in [6.45, 7) is 1.13. The van der Waals surface area contributed by atoms with Gasteiger partial charge in [0.1, 0.15) is 5.56 Å². The van der Waals surface area contributed by atoms with E-state index >= 15 is 0 Å². The molecule has 6 heteroatoms. The normalized spacial score (nSPS) is 19.6. The molecule has 6 nitrogen and oxygen atoms in total. The Morgan fingerprint density at radius 1 is 1.55 bits per heavy atom. The van der Waals surface area contributed by atoms with Gasteiger partial charge in [-0.25, -0.2) is 14.3 Å². The molecule has 1 aliphatic rings. The second-order valence-corrected chi connectivity index (χ2v) is 5.19. The Morgan fingerprint density at radius 3 is 3.10 bits per heavy atom. The summed E-state index contributed by atoms with van der Waals surface area (Å²) in [7, 11) is 3.50. The monoisotopic (exact) mass is 274 g/mol. The molecule has 2 aromatic rings. The van der Waals surface area contributed by atoms with E-state index in [2.05, 4.69) is 22.0 Å². The molecule has 1 aliphatic heterocycles. The van der Waals surface area contributed by atoms with E-state index in [9.17, 15) is 4.79 Å². The molecule has 3 heterocycles. The number of pyridine rings is 1. The Kier molecular flexibility index (Phi) is 3.40. The number of hydrogen-bond acceptors (Lipinski definition) is 5. The zero-order valence-corrected chi connectivity index (χ0v) is 11.7. The van der Waals surface area contributed by atoms with Crippen molar-refractivity contribution < 1.29 is 9.53 Å². The van der Waals surface area contributed by atoms with Crippen LogP contribution in [0.2, 0.25) is 0 Å². The van der Waals surface area contributed by atoms with E-state index in [4.69, 9.17) is 4.74 Å². The molecule has 1 unspecified atom stereocenters. The van der Waals surface area contributed by atoms with Gasteiger partial charge in [0.05, 0.1) is 7.11 Å². The van der Waals surface area contributed by atoms with Gasteiger partial charge >= 0.3 is 5.97 Å². The van der Waals surface area contributed by atoms with Crippen LogP contribution in [0.25, 0.3) is 5.65 Å². The lowest BCUT2D eigenvalue weighted by Crippen LogP contribution is -2.27. The van der Waals surface area contributed by atoms with Gasteiger partial charge in [-0.05, 0) is 38.6 Å². The highest BCUT2D eigenvalue weighted by Gasteiger charge is 2.23. The topological polar surface area (TPSA) is 59.7 Å². The minimum absolute atomic E-state index is 0.382. The lowest BCUT2D eigenvalue weighted by atomic mass is 10.1. The van der Waals surface area contributed by atoms with Crippen LogP contribution < -0.4 is 0 Å². The van der Waals surface area contributed by atoms with Crippen molar-refractivity contribution in [3.8, 4) is 0 Å². The summed E-state index contributed by atoms with van der Waals surface area (Å²) in [5.41, 5.74) is 1.02. The first kappa shape index (κ1) is 13.1. The van der Waals surface area contributed by atoms with E-state index in [0.29, 0.717) is 17.3 Å². The van der Waals surface area contributed by atoms with Crippen LogP contribution in [-0.2, 0) is 11.2 Å². The summed E-state index contributed by atoms with van der Waals surface area (Å²) < 4.78 is 6.43. The molecule has 0 bridgehead atoms. The van der Waals surface area contributed by atoms with E-state index in [1.54, 1.807) is 22.8 Å². The first-order valence-corrected chi connectivity index (χ1v) is 6.82. The fourth-order valence-electron chi connectivity index (χ4n) is 2.75. The van der Waals surface area contributed by atoms with Crippen LogP contribution in [0.3, 0.4) is 0 Å². The molecule has 3 rings (SSSR count). The Balaban J connectivity index is 1.92. The predicted molar refractivity (Wildman–Crippen MR) is 73.7 cm³/mol. The summed E-state index contributed by atoms with van der Waals surface area (Å²) in [6, 6.07) is 3.98. The number of fused-ring (bicyclic) bond motifs is 1. The van der Waals surface area contributed by atoms with Gasteiger partial charge in [0.25, 0.3) is 0 Å². The lowest BCUT2D eigenvalue weighted by Gasteiger charge is -2.17. The van der Waals surface area contributed by atoms with Gasteiger partial charge in [-0.3, -0.25) is 0 Å². The number of aromatic nitrogens is 3. The van der Waals surface area contributed by atoms with E-state index in [1.807, 2.05) is 0 Å². The Labute approximate surface area is 117 Å². The second-order valence-electron chi connectivity index (χ2n) is 5.19. The maximum Gasteiger partial charge on any atom is 0.341 e. The molecule has 1 atom stereocenters. The van der Waals surface area contributed by atoms with Crippen molar-refractivity contribution in [1.29, 1.82) is 0 Å². The summed E-state index contributed by atoms with van der Waals surface area (Å²) in [5, 5.41) is 4.46. The van der Waals surface area contributed by atoms with Crippen LogP contribution in [-0.4, -0.2) is 52.2 Å². The van der Waals surface area contributed by atoms with Crippen molar-refractivity contribution in [2.45, 2.75) is 25.3 Å². The van der Waals surface area contributed by atoms with E-state index in [-0.39, 0.29) is 5.97 Å². The number of likely N-dealkylation sites (N-methyl/N-ethyl adjacent to an activating group) is 1. The Morgan fingerprint density at radius 2 is 2.40 bits per heavy atom. The number of carbonyl (C=O) groups is 1. The highest BCUT2D eigenvalue weighted by Crippen LogP contribution is 2.19. The number of carbonyl (C=O) groups excluding carboxylic acids is 1. The number of hydrogen-bond donors (Lipinski definition) is 0. The molecular weight excluding hydrogens is 256 g/mol. The molecule has 20 heavy (non-hydrogen) atoms. The van der Waals surface area contributed by atoms with Crippen LogP contribution in [0, 0.1) is 0 Å². The maximum absolute atomic E-state index is 11.7. The minimum atomic E-state index is -0.382. The summed E-state index contributed by atoms with van der Waals surface area (Å²) in [4.78, 5) is 18.6. The number of methoxy groups -OCH3 is 1. The molecule has 0 N–H and O–H groups in total. The van der Waals surface area contributed by atoms with Crippen molar-refractivity contribution in [3.63, 3.8) is 0 Å². The molecular formula is C14H18N4O2. The number of ether oxygens (including phenoxy) is 1. The Bertz CT molecular complexity index is 637. The summed E-state index contributed by atoms with van der Waals surface area (Å²) in [6.07, 6.45) is 5.02. The minimum Gasteiger partial charge on any atom is -0.465 e. The van der Waals surface area contributed by atoms with E-state index in [1.165, 1.54) is 20.0 Å². The van der Waals surface area contributed by atoms with E-state index < -0.39 is 0 Å². The van der Waals surface area contributed by atoms with Gasteiger partial charge in [0.15, 0.2) is 11.5 Å². The van der Waals surface area contributed by atoms with E-state index in [0.717, 1.165) is 18.8 Å². The second kappa shape index (κ2) is 5.20. The highest BCUT2D eigenvalue weighted by molar-refractivity contribution is 5.95. The van der Waals surface area contributed by atoms with Crippen LogP contribution in [0.1, 0.15) is 29.0 Å². The van der Waals surface area contributed by atoms with Crippen molar-refractivity contribution >= 4 is 11.6 Å². The first-order chi connectivity index (χ1) is 9.69. The molecule has 0 spiro atoms. The molecule has 0 saturated carbocycles. The zero-order chi connectivity index (χ0) is 14.1. The van der Waals surface area contributed by atoms with Crippen molar-refractivity contribution in [1.82, 2.24) is 19.5 Å². The zero-order valence-electron chi connectivity index (χ0n) is 11.7. The third-order valence-electron chi connectivity index (χ3n) is 3.90. The summed E-state index contributed by atoms with van der Waals surface area (Å²) >= 11 is 0. The van der Waals surface area contributed by atoms with Gasteiger partial charge in [0, 0.05) is 18.7 Å². The number of esters is 1. The molecule has 0 aromatic carbocycles. The molecule has 0 aliphatic carbocycles. The molecule has 2 aromatic heterocycles. The fourth-order valence-corrected chi connectivity index (χ4v) is 2.75. The van der Waals surface area contributed by atoms with Crippen molar-refractivity contribution in [2.75, 3.05) is 20.7 Å². The highest BCUT2D eigenvalue weighted by atomic mass is 16.5. The smallest absolute Gasteiger partial charge is 0.341 e. The average molecular weight is 274 g/mol. The molecule has 1 fully saturated rings. The third kappa shape index (κ3) is 2.27. The van der Waals surface area contributed by atoms with Crippen LogP contribution >= 0.6 is 0 Å². The number of nitrogens with zero attached hydrogens (tertiary/aromatic N) is 4. The van der Waals surface area contributed by atoms with Crippen molar-refractivity contribution in [3.05, 3.63) is 29.7 Å². The lowest BCUT2D eigenvalue weighted by molar-refractivity contribution is 0.0602. The third-order valence-corrected chi connectivity index (χ3v) is 3.90. The SMILES string of the molecule is COC(=O)c1cccn2nc(CC3CCCN3C)nc12. The van der Waals surface area contributed by atoms with Gasteiger partial charge in [-0.1, -0.05) is 0 Å². The van der Waals surface area contributed by atoms with Crippen LogP contribution in [0.15, 0.2) is 18.3 Å². The molecule has 1 saturated heterocycles. The Hall–Kier alpha value is -1.95.